The lowest BCUT2D eigenvalue weighted by Gasteiger charge is -2.29. The predicted molar refractivity (Wildman–Crippen MR) is 51.0 cm³/mol. The number of alkyl halides is 3. The molecule has 0 aromatic carbocycles. The number of hydrogen-bond acceptors (Lipinski definition) is 2. The molecule has 2 N–H and O–H groups in total. The average Bonchev–Trinajstić information content (AvgIpc) is 1.99. The van der Waals surface area contributed by atoms with Crippen LogP contribution in [0.15, 0.2) is 0 Å². The number of hydrogen-bond donors (Lipinski definition) is 1. The van der Waals surface area contributed by atoms with E-state index in [2.05, 4.69) is 0 Å². The van der Waals surface area contributed by atoms with Crippen molar-refractivity contribution in [3.63, 3.8) is 0 Å². The van der Waals surface area contributed by atoms with Gasteiger partial charge in [-0.1, -0.05) is 13.8 Å². The molecule has 0 aromatic heterocycles. The topological polar surface area (TPSA) is 29.3 Å². The van der Waals surface area contributed by atoms with Crippen molar-refractivity contribution in [3.8, 4) is 0 Å². The molecule has 5 heteroatoms. The monoisotopic (exact) mass is 212 g/mol. The Kier molecular flexibility index (Phi) is 4.88. The molecule has 0 amide bonds. The fraction of sp³-hybridized carbons (Fsp3) is 1.00. The molecule has 0 aliphatic rings. The maximum atomic E-state index is 11.9. The Morgan fingerprint density at radius 3 is 2.07 bits per heavy atom. The van der Waals surface area contributed by atoms with Gasteiger partial charge in [0.2, 0.25) is 0 Å². The highest BCUT2D eigenvalue weighted by Gasteiger charge is 2.28. The minimum atomic E-state index is -4.07. The van der Waals surface area contributed by atoms with Gasteiger partial charge >= 0.3 is 6.18 Å². The Bertz CT molecular complexity index is 166. The van der Waals surface area contributed by atoms with Crippen LogP contribution in [0.5, 0.6) is 0 Å². The molecule has 2 nitrogen and oxygen atoms in total. The summed E-state index contributed by atoms with van der Waals surface area (Å²) in [5.74, 6) is 0. The summed E-state index contributed by atoms with van der Waals surface area (Å²) >= 11 is 0. The maximum absolute atomic E-state index is 11.9. The minimum Gasteiger partial charge on any atom is -0.330 e. The highest BCUT2D eigenvalue weighted by Crippen LogP contribution is 2.20. The van der Waals surface area contributed by atoms with Crippen LogP contribution in [0.1, 0.15) is 20.3 Å². The summed E-state index contributed by atoms with van der Waals surface area (Å²) in [6.07, 6.45) is -4.83. The van der Waals surface area contributed by atoms with Gasteiger partial charge in [0.05, 0.1) is 6.42 Å². The Balaban J connectivity index is 3.82. The van der Waals surface area contributed by atoms with Crippen LogP contribution in [0.3, 0.4) is 0 Å². The summed E-state index contributed by atoms with van der Waals surface area (Å²) in [5, 5.41) is 0. The van der Waals surface area contributed by atoms with Gasteiger partial charge in [-0.05, 0) is 19.0 Å². The second-order valence-corrected chi connectivity index (χ2v) is 4.47. The Morgan fingerprint density at radius 1 is 1.21 bits per heavy atom. The number of rotatable bonds is 5. The quantitative estimate of drug-likeness (QED) is 0.753. The lowest BCUT2D eigenvalue weighted by atomic mass is 9.93. The molecule has 0 bridgehead atoms. The fourth-order valence-electron chi connectivity index (χ4n) is 1.19. The Hall–Kier alpha value is -0.290. The van der Waals surface area contributed by atoms with Crippen LogP contribution in [0.25, 0.3) is 0 Å². The zero-order chi connectivity index (χ0) is 11.4. The first-order valence-electron chi connectivity index (χ1n) is 4.62. The molecule has 14 heavy (non-hydrogen) atoms. The molecule has 0 radical (unpaired) electrons. The zero-order valence-corrected chi connectivity index (χ0v) is 8.99. The van der Waals surface area contributed by atoms with Crippen molar-refractivity contribution >= 4 is 0 Å². The van der Waals surface area contributed by atoms with Crippen LogP contribution in [0, 0.1) is 5.41 Å². The van der Waals surface area contributed by atoms with Crippen molar-refractivity contribution in [2.75, 3.05) is 26.7 Å². The van der Waals surface area contributed by atoms with Crippen LogP contribution < -0.4 is 5.73 Å². The molecule has 0 unspecified atom stereocenters. The largest absolute Gasteiger partial charge is 0.390 e. The number of nitrogens with zero attached hydrogens (tertiary/aromatic N) is 1. The normalized spacial score (nSPS) is 13.7. The van der Waals surface area contributed by atoms with Gasteiger partial charge < -0.3 is 10.6 Å². The molecule has 0 atom stereocenters. The van der Waals surface area contributed by atoms with E-state index in [1.165, 1.54) is 0 Å². The average molecular weight is 212 g/mol. The minimum absolute atomic E-state index is 0.0347. The predicted octanol–water partition coefficient (Wildman–Crippen LogP) is 1.86. The SMILES string of the molecule is CN(CCC(F)(F)F)CC(C)(C)CN. The third-order valence-electron chi connectivity index (χ3n) is 2.03. The van der Waals surface area contributed by atoms with E-state index in [1.807, 2.05) is 13.8 Å². The molecule has 0 fully saturated rings. The van der Waals surface area contributed by atoms with E-state index in [1.54, 1.807) is 11.9 Å². The molecule has 0 spiro atoms. The molecular formula is C9H19F3N2. The van der Waals surface area contributed by atoms with Gasteiger partial charge in [0.15, 0.2) is 0 Å². The van der Waals surface area contributed by atoms with Crippen LogP contribution in [-0.4, -0.2) is 37.8 Å². The fourth-order valence-corrected chi connectivity index (χ4v) is 1.19. The summed E-state index contributed by atoms with van der Waals surface area (Å²) in [4.78, 5) is 1.67. The molecule has 0 aliphatic carbocycles. The first-order chi connectivity index (χ1) is 6.16. The van der Waals surface area contributed by atoms with Crippen molar-refractivity contribution < 1.29 is 13.2 Å². The molecule has 0 heterocycles. The molecule has 0 saturated heterocycles. The van der Waals surface area contributed by atoms with Crippen LogP contribution in [0.4, 0.5) is 13.2 Å². The molecule has 0 saturated carbocycles. The van der Waals surface area contributed by atoms with E-state index in [0.29, 0.717) is 13.1 Å². The molecule has 0 aliphatic heterocycles. The van der Waals surface area contributed by atoms with Gasteiger partial charge in [-0.2, -0.15) is 13.2 Å². The van der Waals surface area contributed by atoms with Gasteiger partial charge in [-0.15, -0.1) is 0 Å². The summed E-state index contributed by atoms with van der Waals surface area (Å²) in [6, 6.07) is 0. The second-order valence-electron chi connectivity index (χ2n) is 4.47. The van der Waals surface area contributed by atoms with Crippen molar-refractivity contribution in [2.45, 2.75) is 26.4 Å². The third kappa shape index (κ3) is 7.15. The summed E-state index contributed by atoms with van der Waals surface area (Å²) < 4.78 is 35.6. The van der Waals surface area contributed by atoms with Crippen LogP contribution in [0.2, 0.25) is 0 Å². The van der Waals surface area contributed by atoms with E-state index < -0.39 is 12.6 Å². The summed E-state index contributed by atoms with van der Waals surface area (Å²) in [7, 11) is 1.68. The van der Waals surface area contributed by atoms with Crippen molar-refractivity contribution in [3.05, 3.63) is 0 Å². The van der Waals surface area contributed by atoms with Crippen molar-refractivity contribution in [1.82, 2.24) is 4.90 Å². The first kappa shape index (κ1) is 13.7. The van der Waals surface area contributed by atoms with Gasteiger partial charge in [0, 0.05) is 13.1 Å². The Labute approximate surface area is 83.3 Å². The van der Waals surface area contributed by atoms with Gasteiger partial charge in [-0.3, -0.25) is 0 Å². The maximum Gasteiger partial charge on any atom is 0.390 e. The van der Waals surface area contributed by atoms with E-state index in [-0.39, 0.29) is 12.0 Å². The van der Waals surface area contributed by atoms with E-state index >= 15 is 0 Å². The van der Waals surface area contributed by atoms with E-state index in [4.69, 9.17) is 5.73 Å². The van der Waals surface area contributed by atoms with Crippen molar-refractivity contribution in [1.29, 1.82) is 0 Å². The first-order valence-corrected chi connectivity index (χ1v) is 4.62. The number of nitrogens with two attached hydrogens (primary N) is 1. The van der Waals surface area contributed by atoms with E-state index in [9.17, 15) is 13.2 Å². The summed E-state index contributed by atoms with van der Waals surface area (Å²) in [6.45, 7) is 4.98. The molecule has 0 aromatic rings. The Morgan fingerprint density at radius 2 is 1.71 bits per heavy atom. The lowest BCUT2D eigenvalue weighted by molar-refractivity contribution is -0.137. The van der Waals surface area contributed by atoms with Gasteiger partial charge in [-0.25, -0.2) is 0 Å². The molecule has 86 valence electrons. The smallest absolute Gasteiger partial charge is 0.330 e. The highest BCUT2D eigenvalue weighted by molar-refractivity contribution is 4.73. The zero-order valence-electron chi connectivity index (χ0n) is 8.99. The summed E-state index contributed by atoms with van der Waals surface area (Å²) in [5.41, 5.74) is 5.36. The standard InChI is InChI=1S/C9H19F3N2/c1-8(2,6-13)7-14(3)5-4-9(10,11)12/h4-7,13H2,1-3H3. The van der Waals surface area contributed by atoms with Crippen LogP contribution >= 0.6 is 0 Å². The van der Waals surface area contributed by atoms with Crippen molar-refractivity contribution in [2.24, 2.45) is 11.1 Å². The van der Waals surface area contributed by atoms with Crippen LogP contribution in [-0.2, 0) is 0 Å². The molecule has 0 rings (SSSR count). The van der Waals surface area contributed by atoms with Gasteiger partial charge in [0.25, 0.3) is 0 Å². The highest BCUT2D eigenvalue weighted by atomic mass is 19.4. The number of halogens is 3. The lowest BCUT2D eigenvalue weighted by Crippen LogP contribution is -2.38. The van der Waals surface area contributed by atoms with Gasteiger partial charge in [0.1, 0.15) is 0 Å². The molecular weight excluding hydrogens is 193 g/mol. The third-order valence-corrected chi connectivity index (χ3v) is 2.03. The van der Waals surface area contributed by atoms with E-state index in [0.717, 1.165) is 0 Å². The second kappa shape index (κ2) is 4.98.